The number of benzene rings is 1. The van der Waals surface area contributed by atoms with Gasteiger partial charge in [0.05, 0.1) is 6.07 Å². The molecular formula is C12H7FN2O4. The third-order valence-corrected chi connectivity index (χ3v) is 2.28. The average Bonchev–Trinajstić information content (AvgIpc) is 2.85. The van der Waals surface area contributed by atoms with Crippen molar-refractivity contribution >= 4 is 5.88 Å². The first-order chi connectivity index (χ1) is 9.11. The second kappa shape index (κ2) is 5.18. The van der Waals surface area contributed by atoms with Crippen LogP contribution in [0.4, 0.5) is 10.3 Å². The largest absolute Gasteiger partial charge is 0.484 e. The number of furan rings is 1. The van der Waals surface area contributed by atoms with Crippen molar-refractivity contribution in [3.63, 3.8) is 0 Å². The number of ether oxygens (including phenoxy) is 1. The standard InChI is InChI=1S/C12H7FN2O4/c13-10-2-1-3-11(9(10)6-14)18-7-8-4-5-12(19-8)15(16)17/h1-5H,7H2. The van der Waals surface area contributed by atoms with Crippen molar-refractivity contribution < 1.29 is 18.5 Å². The highest BCUT2D eigenvalue weighted by Crippen LogP contribution is 2.23. The van der Waals surface area contributed by atoms with E-state index in [2.05, 4.69) is 0 Å². The van der Waals surface area contributed by atoms with Crippen LogP contribution in [-0.2, 0) is 6.61 Å². The fraction of sp³-hybridized carbons (Fsp3) is 0.0833. The summed E-state index contributed by atoms with van der Waals surface area (Å²) in [4.78, 5) is 9.74. The molecule has 0 unspecified atom stereocenters. The summed E-state index contributed by atoms with van der Waals surface area (Å²) in [6.45, 7) is -0.133. The van der Waals surface area contributed by atoms with Crippen LogP contribution in [0.2, 0.25) is 0 Å². The molecule has 2 rings (SSSR count). The van der Waals surface area contributed by atoms with Gasteiger partial charge in [-0.05, 0) is 18.2 Å². The van der Waals surface area contributed by atoms with Gasteiger partial charge in [-0.3, -0.25) is 10.1 Å². The van der Waals surface area contributed by atoms with Crippen molar-refractivity contribution in [1.82, 2.24) is 0 Å². The molecule has 96 valence electrons. The molecular weight excluding hydrogens is 255 g/mol. The second-order valence-corrected chi connectivity index (χ2v) is 3.51. The van der Waals surface area contributed by atoms with E-state index < -0.39 is 16.6 Å². The highest BCUT2D eigenvalue weighted by atomic mass is 19.1. The van der Waals surface area contributed by atoms with Crippen LogP contribution in [0, 0.1) is 27.3 Å². The minimum atomic E-state index is -0.689. The van der Waals surface area contributed by atoms with Gasteiger partial charge in [-0.15, -0.1) is 0 Å². The van der Waals surface area contributed by atoms with E-state index in [0.29, 0.717) is 0 Å². The van der Waals surface area contributed by atoms with Crippen molar-refractivity contribution in [3.05, 3.63) is 57.6 Å². The molecule has 0 spiro atoms. The Hall–Kier alpha value is -2.88. The number of nitrogens with zero attached hydrogens (tertiary/aromatic N) is 2. The molecule has 1 aromatic carbocycles. The lowest BCUT2D eigenvalue weighted by molar-refractivity contribution is -0.402. The Morgan fingerprint density at radius 1 is 1.42 bits per heavy atom. The van der Waals surface area contributed by atoms with E-state index in [0.717, 1.165) is 6.07 Å². The number of hydrogen-bond acceptors (Lipinski definition) is 5. The highest BCUT2D eigenvalue weighted by molar-refractivity contribution is 5.43. The van der Waals surface area contributed by atoms with E-state index in [-0.39, 0.29) is 23.7 Å². The molecule has 1 aromatic heterocycles. The van der Waals surface area contributed by atoms with Crippen molar-refractivity contribution in [2.24, 2.45) is 0 Å². The third kappa shape index (κ3) is 2.69. The molecule has 0 saturated carbocycles. The zero-order chi connectivity index (χ0) is 13.8. The van der Waals surface area contributed by atoms with Gasteiger partial charge in [0.2, 0.25) is 0 Å². The molecule has 0 amide bonds. The van der Waals surface area contributed by atoms with Crippen LogP contribution in [0.25, 0.3) is 0 Å². The number of nitriles is 1. The van der Waals surface area contributed by atoms with Crippen molar-refractivity contribution in [3.8, 4) is 11.8 Å². The molecule has 7 heteroatoms. The summed E-state index contributed by atoms with van der Waals surface area (Å²) >= 11 is 0. The summed E-state index contributed by atoms with van der Waals surface area (Å²) in [7, 11) is 0. The predicted octanol–water partition coefficient (Wildman–Crippen LogP) is 2.78. The molecule has 1 heterocycles. The van der Waals surface area contributed by atoms with Gasteiger partial charge in [0, 0.05) is 0 Å². The van der Waals surface area contributed by atoms with E-state index >= 15 is 0 Å². The fourth-order valence-electron chi connectivity index (χ4n) is 1.42. The molecule has 0 N–H and O–H groups in total. The van der Waals surface area contributed by atoms with E-state index in [1.54, 1.807) is 6.07 Å². The molecule has 0 fully saturated rings. The maximum atomic E-state index is 13.3. The van der Waals surface area contributed by atoms with Gasteiger partial charge in [-0.2, -0.15) is 5.26 Å². The van der Waals surface area contributed by atoms with E-state index in [9.17, 15) is 14.5 Å². The summed E-state index contributed by atoms with van der Waals surface area (Å²) in [6, 6.07) is 8.22. The van der Waals surface area contributed by atoms with Gasteiger partial charge in [-0.25, -0.2) is 4.39 Å². The monoisotopic (exact) mass is 262 g/mol. The fourth-order valence-corrected chi connectivity index (χ4v) is 1.42. The predicted molar refractivity (Wildman–Crippen MR) is 60.8 cm³/mol. The topological polar surface area (TPSA) is 89.3 Å². The van der Waals surface area contributed by atoms with Gasteiger partial charge in [0.25, 0.3) is 0 Å². The lowest BCUT2D eigenvalue weighted by Gasteiger charge is -2.05. The van der Waals surface area contributed by atoms with Crippen LogP contribution in [0.15, 0.2) is 34.7 Å². The summed E-state index contributed by atoms with van der Waals surface area (Å²) in [5, 5.41) is 19.2. The Morgan fingerprint density at radius 2 is 2.21 bits per heavy atom. The molecule has 2 aromatic rings. The van der Waals surface area contributed by atoms with Crippen LogP contribution in [0.1, 0.15) is 11.3 Å². The summed E-state index contributed by atoms with van der Waals surface area (Å²) in [5.74, 6) is -0.829. The van der Waals surface area contributed by atoms with E-state index in [1.807, 2.05) is 0 Å². The van der Waals surface area contributed by atoms with Gasteiger partial charge in [-0.1, -0.05) is 6.07 Å². The molecule has 6 nitrogen and oxygen atoms in total. The van der Waals surface area contributed by atoms with Gasteiger partial charge in [0.15, 0.2) is 0 Å². The minimum absolute atomic E-state index is 0.0570. The van der Waals surface area contributed by atoms with Crippen LogP contribution >= 0.6 is 0 Å². The smallest absolute Gasteiger partial charge is 0.433 e. The van der Waals surface area contributed by atoms with Crippen molar-refractivity contribution in [1.29, 1.82) is 5.26 Å². The number of rotatable bonds is 4. The Bertz CT molecular complexity index is 660. The molecule has 19 heavy (non-hydrogen) atoms. The highest BCUT2D eigenvalue weighted by Gasteiger charge is 2.13. The number of hydrogen-bond donors (Lipinski definition) is 0. The first-order valence-electron chi connectivity index (χ1n) is 5.16. The van der Waals surface area contributed by atoms with E-state index in [1.165, 1.54) is 24.3 Å². The van der Waals surface area contributed by atoms with Gasteiger partial charge < -0.3 is 9.15 Å². The Morgan fingerprint density at radius 3 is 2.84 bits per heavy atom. The zero-order valence-corrected chi connectivity index (χ0v) is 9.50. The van der Waals surface area contributed by atoms with Crippen LogP contribution in [0.3, 0.4) is 0 Å². The third-order valence-electron chi connectivity index (χ3n) is 2.28. The molecule has 0 radical (unpaired) electrons. The SMILES string of the molecule is N#Cc1c(F)cccc1OCc1ccc([N+](=O)[O-])o1. The van der Waals surface area contributed by atoms with Crippen LogP contribution in [0.5, 0.6) is 5.75 Å². The summed E-state index contributed by atoms with van der Waals surface area (Å²) in [5.41, 5.74) is -0.219. The number of halogens is 1. The first-order valence-corrected chi connectivity index (χ1v) is 5.16. The Balaban J connectivity index is 2.12. The van der Waals surface area contributed by atoms with Gasteiger partial charge >= 0.3 is 5.88 Å². The first kappa shape index (κ1) is 12.6. The molecule has 0 atom stereocenters. The summed E-state index contributed by atoms with van der Waals surface area (Å²) < 4.78 is 23.3. The zero-order valence-electron chi connectivity index (χ0n) is 9.50. The Labute approximate surface area is 106 Å². The van der Waals surface area contributed by atoms with Crippen molar-refractivity contribution in [2.45, 2.75) is 6.61 Å². The average molecular weight is 262 g/mol. The van der Waals surface area contributed by atoms with E-state index in [4.69, 9.17) is 14.4 Å². The number of nitro groups is 1. The second-order valence-electron chi connectivity index (χ2n) is 3.51. The quantitative estimate of drug-likeness (QED) is 0.624. The van der Waals surface area contributed by atoms with Crippen LogP contribution < -0.4 is 4.74 Å². The molecule has 0 aliphatic rings. The molecule has 0 aliphatic carbocycles. The Kier molecular flexibility index (Phi) is 3.43. The molecule has 0 aliphatic heterocycles. The van der Waals surface area contributed by atoms with Crippen LogP contribution in [-0.4, -0.2) is 4.92 Å². The maximum absolute atomic E-state index is 13.3. The normalized spacial score (nSPS) is 9.89. The molecule has 0 bridgehead atoms. The minimum Gasteiger partial charge on any atom is -0.484 e. The molecule has 0 saturated heterocycles. The summed E-state index contributed by atoms with van der Waals surface area (Å²) in [6.07, 6.45) is 0. The van der Waals surface area contributed by atoms with Crippen molar-refractivity contribution in [2.75, 3.05) is 0 Å². The lowest BCUT2D eigenvalue weighted by Crippen LogP contribution is -1.97. The maximum Gasteiger partial charge on any atom is 0.433 e. The van der Waals surface area contributed by atoms with Gasteiger partial charge in [0.1, 0.15) is 40.5 Å². The lowest BCUT2D eigenvalue weighted by atomic mass is 10.2.